The molecule has 2 atom stereocenters. The van der Waals surface area contributed by atoms with Gasteiger partial charge in [0.15, 0.2) is 17.6 Å². The van der Waals surface area contributed by atoms with E-state index in [1.165, 1.54) is 19.4 Å². The third-order valence-electron chi connectivity index (χ3n) is 5.42. The van der Waals surface area contributed by atoms with E-state index < -0.39 is 24.0 Å². The van der Waals surface area contributed by atoms with Crippen LogP contribution in [0.5, 0.6) is 17.2 Å². The number of ether oxygens (including phenoxy) is 3. The minimum atomic E-state index is -0.962. The number of nitrogens with zero attached hydrogens (tertiary/aromatic N) is 1. The number of hydrogen-bond donors (Lipinski definition) is 2. The van der Waals surface area contributed by atoms with Gasteiger partial charge in [0, 0.05) is 11.4 Å². The van der Waals surface area contributed by atoms with E-state index in [-0.39, 0.29) is 28.8 Å². The molecule has 0 heterocycles. The van der Waals surface area contributed by atoms with Crippen molar-refractivity contribution in [2.45, 2.75) is 25.5 Å². The molecule has 0 unspecified atom stereocenters. The number of carbonyl (C=O) groups is 2. The summed E-state index contributed by atoms with van der Waals surface area (Å²) in [6.45, 7) is 1.56. The van der Waals surface area contributed by atoms with Crippen molar-refractivity contribution in [2.24, 2.45) is 5.10 Å². The number of benzene rings is 3. The molecule has 0 radical (unpaired) electrons. The Balaban J connectivity index is 1.72. The van der Waals surface area contributed by atoms with E-state index in [0.29, 0.717) is 22.1 Å². The smallest absolute Gasteiger partial charge is 0.262 e. The number of rotatable bonds is 12. The molecule has 208 valence electrons. The zero-order chi connectivity index (χ0) is 29.1. The quantitative estimate of drug-likeness (QED) is 0.166. The summed E-state index contributed by atoms with van der Waals surface area (Å²) in [4.78, 5) is 26.1. The van der Waals surface area contributed by atoms with Crippen LogP contribution in [-0.4, -0.2) is 43.9 Å². The first-order valence-electron chi connectivity index (χ1n) is 11.9. The molecule has 3 rings (SSSR count). The fourth-order valence-electron chi connectivity index (χ4n) is 3.48. The van der Waals surface area contributed by atoms with E-state index in [0.717, 1.165) is 5.56 Å². The normalized spacial score (nSPS) is 12.2. The largest absolute Gasteiger partial charge is 0.493 e. The second-order valence-electron chi connectivity index (χ2n) is 8.35. The number of hydrogen-bond acceptors (Lipinski definition) is 6. The van der Waals surface area contributed by atoms with Gasteiger partial charge in [0.2, 0.25) is 0 Å². The van der Waals surface area contributed by atoms with Crippen LogP contribution >= 0.6 is 34.8 Å². The van der Waals surface area contributed by atoms with E-state index in [9.17, 15) is 9.59 Å². The molecule has 11 heteroatoms. The zero-order valence-electron chi connectivity index (χ0n) is 21.6. The molecule has 8 nitrogen and oxygen atoms in total. The van der Waals surface area contributed by atoms with Gasteiger partial charge in [0.1, 0.15) is 18.4 Å². The van der Waals surface area contributed by atoms with E-state index in [4.69, 9.17) is 55.4 Å². The van der Waals surface area contributed by atoms with Crippen molar-refractivity contribution in [3.8, 4) is 29.6 Å². The van der Waals surface area contributed by atoms with Gasteiger partial charge in [-0.05, 0) is 48.4 Å². The number of hydrazone groups is 1. The van der Waals surface area contributed by atoms with Gasteiger partial charge in [-0.15, -0.1) is 6.42 Å². The van der Waals surface area contributed by atoms with Gasteiger partial charge >= 0.3 is 0 Å². The maximum atomic E-state index is 13.1. The molecule has 2 N–H and O–H groups in total. The molecule has 0 bridgehead atoms. The summed E-state index contributed by atoms with van der Waals surface area (Å²) < 4.78 is 16.4. The lowest BCUT2D eigenvalue weighted by Crippen LogP contribution is -2.50. The van der Waals surface area contributed by atoms with Gasteiger partial charge in [-0.1, -0.05) is 71.1 Å². The molecule has 0 aliphatic rings. The van der Waals surface area contributed by atoms with Crippen molar-refractivity contribution in [1.82, 2.24) is 10.7 Å². The average molecular weight is 603 g/mol. The molecule has 0 aromatic heterocycles. The second-order valence-corrected chi connectivity index (χ2v) is 9.60. The van der Waals surface area contributed by atoms with E-state index in [1.54, 1.807) is 31.2 Å². The van der Waals surface area contributed by atoms with Gasteiger partial charge in [-0.2, -0.15) is 5.10 Å². The van der Waals surface area contributed by atoms with Crippen LogP contribution in [0.3, 0.4) is 0 Å². The number of nitrogens with one attached hydrogen (secondary N) is 2. The molecule has 3 aromatic rings. The SMILES string of the molecule is C#CCOc1c(Cl)cc(/C=N\NC(=O)[C@H](Cc2ccccc2)NC(=O)[C@H](C)Oc2ccc(Cl)cc2Cl)cc1OC. The van der Waals surface area contributed by atoms with Gasteiger partial charge in [-0.25, -0.2) is 5.43 Å². The maximum absolute atomic E-state index is 13.1. The number of carbonyl (C=O) groups excluding carboxylic acids is 2. The van der Waals surface area contributed by atoms with Crippen LogP contribution in [0.2, 0.25) is 15.1 Å². The Kier molecular flexibility index (Phi) is 11.5. The van der Waals surface area contributed by atoms with Crippen molar-refractivity contribution in [3.05, 3.63) is 86.9 Å². The highest BCUT2D eigenvalue weighted by atomic mass is 35.5. The average Bonchev–Trinajstić information content (AvgIpc) is 2.93. The summed E-state index contributed by atoms with van der Waals surface area (Å²) in [5, 5.41) is 7.70. The molecule has 40 heavy (non-hydrogen) atoms. The lowest BCUT2D eigenvalue weighted by molar-refractivity contribution is -0.132. The van der Waals surface area contributed by atoms with E-state index >= 15 is 0 Å². The topological polar surface area (TPSA) is 98.2 Å². The highest BCUT2D eigenvalue weighted by Gasteiger charge is 2.25. The number of halogens is 3. The Morgan fingerprint density at radius 1 is 1.02 bits per heavy atom. The molecule has 0 aliphatic carbocycles. The Hall–Kier alpha value is -3.90. The van der Waals surface area contributed by atoms with Gasteiger partial charge in [-0.3, -0.25) is 9.59 Å². The van der Waals surface area contributed by atoms with Crippen LogP contribution in [-0.2, 0) is 16.0 Å². The summed E-state index contributed by atoms with van der Waals surface area (Å²) in [5.74, 6) is 2.22. The predicted molar refractivity (Wildman–Crippen MR) is 157 cm³/mol. The zero-order valence-corrected chi connectivity index (χ0v) is 23.9. The van der Waals surface area contributed by atoms with Gasteiger partial charge in [0.25, 0.3) is 11.8 Å². The summed E-state index contributed by atoms with van der Waals surface area (Å²) in [5.41, 5.74) is 3.83. The van der Waals surface area contributed by atoms with Gasteiger partial charge in [0.05, 0.1) is 23.4 Å². The molecule has 0 spiro atoms. The Morgan fingerprint density at radius 3 is 2.45 bits per heavy atom. The van der Waals surface area contributed by atoms with Gasteiger partial charge < -0.3 is 19.5 Å². The number of terminal acetylenes is 1. The first-order valence-corrected chi connectivity index (χ1v) is 13.1. The molecular formula is C29H26Cl3N3O5. The molecular weight excluding hydrogens is 577 g/mol. The van der Waals surface area contributed by atoms with Crippen LogP contribution in [0.1, 0.15) is 18.1 Å². The van der Waals surface area contributed by atoms with Crippen molar-refractivity contribution >= 4 is 52.8 Å². The van der Waals surface area contributed by atoms with Crippen LogP contribution in [0, 0.1) is 12.3 Å². The minimum Gasteiger partial charge on any atom is -0.493 e. The molecule has 0 saturated heterocycles. The van der Waals surface area contributed by atoms with Crippen molar-refractivity contribution in [3.63, 3.8) is 0 Å². The summed E-state index contributed by atoms with van der Waals surface area (Å²) in [6, 6.07) is 16.1. The molecule has 3 aromatic carbocycles. The summed E-state index contributed by atoms with van der Waals surface area (Å²) in [6.07, 6.45) is 5.88. The lowest BCUT2D eigenvalue weighted by atomic mass is 10.1. The Morgan fingerprint density at radius 2 is 1.77 bits per heavy atom. The Labute approximate surface area is 247 Å². The van der Waals surface area contributed by atoms with Crippen LogP contribution in [0.15, 0.2) is 65.8 Å². The van der Waals surface area contributed by atoms with Crippen LogP contribution in [0.25, 0.3) is 0 Å². The summed E-state index contributed by atoms with van der Waals surface area (Å²) >= 11 is 18.4. The maximum Gasteiger partial charge on any atom is 0.262 e. The third-order valence-corrected chi connectivity index (χ3v) is 6.23. The van der Waals surface area contributed by atoms with Crippen molar-refractivity contribution < 1.29 is 23.8 Å². The number of amides is 2. The molecule has 0 fully saturated rings. The fraction of sp³-hybridized carbons (Fsp3) is 0.207. The summed E-state index contributed by atoms with van der Waals surface area (Å²) in [7, 11) is 1.46. The van der Waals surface area contributed by atoms with Crippen LogP contribution < -0.4 is 25.0 Å². The minimum absolute atomic E-state index is 0.0183. The highest BCUT2D eigenvalue weighted by molar-refractivity contribution is 6.35. The molecule has 0 saturated carbocycles. The Bertz CT molecular complexity index is 1410. The monoisotopic (exact) mass is 601 g/mol. The number of methoxy groups -OCH3 is 1. The fourth-order valence-corrected chi connectivity index (χ4v) is 4.21. The molecule has 2 amide bonds. The standard InChI is InChI=1S/C29H26Cl3N3O5/c1-4-12-39-27-23(32)13-20(15-26(27)38-3)17-33-35-29(37)24(14-19-8-6-5-7-9-19)34-28(36)18(2)40-25-11-10-21(30)16-22(25)31/h1,5-11,13,15-18,24H,12,14H2,2-3H3,(H,34,36)(H,35,37)/b33-17-/t18-,24-/m0/s1. The van der Waals surface area contributed by atoms with Crippen molar-refractivity contribution in [1.29, 1.82) is 0 Å². The third kappa shape index (κ3) is 8.82. The second kappa shape index (κ2) is 15.0. The van der Waals surface area contributed by atoms with Crippen molar-refractivity contribution in [2.75, 3.05) is 13.7 Å². The van der Waals surface area contributed by atoms with Crippen LogP contribution in [0.4, 0.5) is 0 Å². The molecule has 0 aliphatic heterocycles. The highest BCUT2D eigenvalue weighted by Crippen LogP contribution is 2.36. The van der Waals surface area contributed by atoms with E-state index in [1.807, 2.05) is 30.3 Å². The van der Waals surface area contributed by atoms with E-state index in [2.05, 4.69) is 21.8 Å². The predicted octanol–water partition coefficient (Wildman–Crippen LogP) is 5.31. The lowest BCUT2D eigenvalue weighted by Gasteiger charge is -2.21. The first-order chi connectivity index (χ1) is 19.2. The first kappa shape index (κ1) is 30.6.